The zero-order chi connectivity index (χ0) is 69.0. The quantitative estimate of drug-likeness (QED) is 0.0349. The van der Waals surface area contributed by atoms with Crippen molar-refractivity contribution in [1.29, 1.82) is 0 Å². The minimum Gasteiger partial charge on any atom is -0.508 e. The molecule has 91 heavy (non-hydrogen) atoms. The van der Waals surface area contributed by atoms with Gasteiger partial charge in [-0.3, -0.25) is 67.1 Å². The average Bonchev–Trinajstić information content (AvgIpc) is 2.05. The van der Waals surface area contributed by atoms with E-state index in [0.29, 0.717) is 11.1 Å². The van der Waals surface area contributed by atoms with E-state index in [1.165, 1.54) is 38.1 Å². The Morgan fingerprint density at radius 3 is 1.38 bits per heavy atom. The molecule has 0 spiro atoms. The number of aliphatic hydroxyl groups excluding tert-OH is 1. The standard InChI is InChI=1S/C60H89N11O20/c1-29(2)22-39(65-59(90)44(28-49(80)81)69-57(88)41(23-30(3)4)67-54(85)37(61)18-20-46(74)75)45(73)24-32(7)52(83)71-50(31(5)6)60(91)70-43(25-34-12-10-9-11-13-34)58(89)68-42(26-35-14-16-36(72)17-15-35)56(87)63-33(8)53(84)64-38(19-21-47(76)77)55(86)66-40(51(62)82)27-48(78)79/h9-17,29-33,37-45,50,72-73H,18-28,61H2,1-8H3,(H2,62,82)(H,63,87)(H,64,84)(H,65,90)(H,66,86)(H,67,85)(H,68,89)(H,69,88)(H,70,91)(H,71,83)(H,74,75)(H,76,77)(H,78,79)(H,80,81)/t32-,33+,37+,38+,39+,40+,41+,42+,43+,44+,45+,50+/m1/s1. The molecule has 0 aliphatic heterocycles. The summed E-state index contributed by atoms with van der Waals surface area (Å²) >= 11 is 0. The molecule has 0 bridgehead atoms. The zero-order valence-corrected chi connectivity index (χ0v) is 52.2. The van der Waals surface area contributed by atoms with Gasteiger partial charge in [-0.15, -0.1) is 0 Å². The summed E-state index contributed by atoms with van der Waals surface area (Å²) in [5, 5.41) is 81.2. The van der Waals surface area contributed by atoms with Crippen molar-refractivity contribution in [2.75, 3.05) is 0 Å². The third kappa shape index (κ3) is 29.3. The molecule has 12 atom stereocenters. The number of primary amides is 1. The van der Waals surface area contributed by atoms with E-state index in [2.05, 4.69) is 47.9 Å². The second-order valence-corrected chi connectivity index (χ2v) is 23.5. The fourth-order valence-corrected chi connectivity index (χ4v) is 9.17. The lowest BCUT2D eigenvalue weighted by atomic mass is 9.91. The number of hydrogen-bond acceptors (Lipinski definition) is 17. The van der Waals surface area contributed by atoms with Gasteiger partial charge < -0.3 is 90.0 Å². The van der Waals surface area contributed by atoms with Gasteiger partial charge in [0, 0.05) is 31.6 Å². The van der Waals surface area contributed by atoms with Crippen molar-refractivity contribution in [3.63, 3.8) is 0 Å². The topological polar surface area (TPSA) is 521 Å². The fraction of sp³-hybridized carbons (Fsp3) is 0.567. The van der Waals surface area contributed by atoms with Crippen LogP contribution in [0.4, 0.5) is 0 Å². The highest BCUT2D eigenvalue weighted by atomic mass is 16.4. The summed E-state index contributed by atoms with van der Waals surface area (Å²) in [6.07, 6.45) is -6.01. The van der Waals surface area contributed by atoms with Gasteiger partial charge in [0.15, 0.2) is 0 Å². The number of rotatable bonds is 41. The molecule has 0 heterocycles. The van der Waals surface area contributed by atoms with E-state index in [0.717, 1.165) is 0 Å². The number of aliphatic carboxylic acids is 4. The Morgan fingerprint density at radius 1 is 0.429 bits per heavy atom. The van der Waals surface area contributed by atoms with Crippen LogP contribution in [0.25, 0.3) is 0 Å². The van der Waals surface area contributed by atoms with Crippen LogP contribution in [0.3, 0.4) is 0 Å². The number of phenolic OH excluding ortho intramolecular Hbond substituents is 1. The first-order valence-electron chi connectivity index (χ1n) is 29.6. The Balaban J connectivity index is 2.42. The molecular weight excluding hydrogens is 1190 g/mol. The largest absolute Gasteiger partial charge is 0.508 e. The van der Waals surface area contributed by atoms with Crippen LogP contribution < -0.4 is 59.3 Å². The molecule has 0 saturated heterocycles. The molecule has 2 aromatic carbocycles. The lowest BCUT2D eigenvalue weighted by Crippen LogP contribution is -2.60. The highest BCUT2D eigenvalue weighted by Gasteiger charge is 2.37. The first kappa shape index (κ1) is 77.8. The molecule has 10 amide bonds. The van der Waals surface area contributed by atoms with E-state index in [1.807, 2.05) is 0 Å². The Labute approximate surface area is 526 Å². The number of carbonyl (C=O) groups is 14. The number of carboxylic acids is 4. The zero-order valence-electron chi connectivity index (χ0n) is 52.2. The summed E-state index contributed by atoms with van der Waals surface area (Å²) in [5.74, 6) is -17.8. The lowest BCUT2D eigenvalue weighted by Gasteiger charge is -2.31. The Morgan fingerprint density at radius 2 is 0.868 bits per heavy atom. The van der Waals surface area contributed by atoms with E-state index in [1.54, 1.807) is 71.9 Å². The van der Waals surface area contributed by atoms with Crippen LogP contribution in [-0.2, 0) is 80.0 Å². The third-order valence-corrected chi connectivity index (χ3v) is 14.2. The van der Waals surface area contributed by atoms with Crippen molar-refractivity contribution in [1.82, 2.24) is 47.9 Å². The van der Waals surface area contributed by atoms with E-state index in [4.69, 9.17) is 16.6 Å². The fourth-order valence-electron chi connectivity index (χ4n) is 9.17. The van der Waals surface area contributed by atoms with Crippen LogP contribution in [0.2, 0.25) is 0 Å². The number of carboxylic acid groups (broad SMARTS) is 4. The lowest BCUT2D eigenvalue weighted by molar-refractivity contribution is -0.142. The Bertz CT molecular complexity index is 2860. The maximum Gasteiger partial charge on any atom is 0.305 e. The molecule has 0 aromatic heterocycles. The summed E-state index contributed by atoms with van der Waals surface area (Å²) in [5.41, 5.74) is 12.0. The molecule has 0 unspecified atom stereocenters. The van der Waals surface area contributed by atoms with Crippen LogP contribution in [-0.4, -0.2) is 180 Å². The monoisotopic (exact) mass is 1280 g/mol. The summed E-state index contributed by atoms with van der Waals surface area (Å²) in [6.45, 7) is 12.8. The SMILES string of the molecule is CC(C)C[C@H](NC(=O)[C@@H](N)CCC(=O)O)C(=O)N[C@@H](CC(=O)O)C(=O)N[C@@H](CC(C)C)[C@@H](O)C[C@@H](C)C(=O)N[C@H](C(=O)N[C@@H](Cc1ccccc1)C(=O)N[C@@H](Cc1ccc(O)cc1)C(=O)N[C@@H](C)C(=O)N[C@@H](CCC(=O)O)C(=O)N[C@@H](CC(=O)O)C(N)=O)C(C)C. The predicted molar refractivity (Wildman–Crippen MR) is 324 cm³/mol. The number of benzene rings is 2. The first-order chi connectivity index (χ1) is 42.5. The van der Waals surface area contributed by atoms with Gasteiger partial charge in [-0.05, 0) is 80.0 Å². The number of phenols is 1. The van der Waals surface area contributed by atoms with Crippen LogP contribution in [0.1, 0.15) is 124 Å². The number of aliphatic hydroxyl groups is 1. The molecule has 0 saturated carbocycles. The second kappa shape index (κ2) is 38.3. The van der Waals surface area contributed by atoms with E-state index >= 15 is 0 Å². The van der Waals surface area contributed by atoms with Crippen LogP contribution >= 0.6 is 0 Å². The smallest absolute Gasteiger partial charge is 0.305 e. The van der Waals surface area contributed by atoms with Crippen molar-refractivity contribution in [2.45, 2.75) is 193 Å². The number of aromatic hydroxyl groups is 1. The average molecular weight is 1280 g/mol. The highest BCUT2D eigenvalue weighted by Crippen LogP contribution is 2.19. The van der Waals surface area contributed by atoms with Gasteiger partial charge in [-0.25, -0.2) is 0 Å². The van der Waals surface area contributed by atoms with E-state index in [-0.39, 0.29) is 56.1 Å². The molecule has 31 nitrogen and oxygen atoms in total. The minimum absolute atomic E-state index is 0.0122. The maximum atomic E-state index is 14.6. The molecule has 504 valence electrons. The molecule has 2 aromatic rings. The summed E-state index contributed by atoms with van der Waals surface area (Å²) < 4.78 is 0. The van der Waals surface area contributed by atoms with Crippen molar-refractivity contribution in [3.05, 3.63) is 65.7 Å². The second-order valence-electron chi connectivity index (χ2n) is 23.5. The minimum atomic E-state index is -1.75. The van der Waals surface area contributed by atoms with Crippen molar-refractivity contribution in [2.24, 2.45) is 35.1 Å². The summed E-state index contributed by atoms with van der Waals surface area (Å²) in [4.78, 5) is 182. The molecule has 0 aliphatic rings. The van der Waals surface area contributed by atoms with E-state index in [9.17, 15) is 92.7 Å². The van der Waals surface area contributed by atoms with Crippen molar-refractivity contribution in [3.8, 4) is 5.75 Å². The Hall–Kier alpha value is -9.26. The molecule has 19 N–H and O–H groups in total. The maximum absolute atomic E-state index is 14.6. The number of nitrogens with two attached hydrogens (primary N) is 2. The Kier molecular flexibility index (Phi) is 32.8. The summed E-state index contributed by atoms with van der Waals surface area (Å²) in [6, 6.07) is -1.04. The van der Waals surface area contributed by atoms with Crippen LogP contribution in [0.15, 0.2) is 54.6 Å². The van der Waals surface area contributed by atoms with Crippen LogP contribution in [0.5, 0.6) is 5.75 Å². The number of amides is 10. The van der Waals surface area contributed by atoms with Gasteiger partial charge in [-0.1, -0.05) is 90.9 Å². The number of hydrogen-bond donors (Lipinski definition) is 17. The van der Waals surface area contributed by atoms with Crippen molar-refractivity contribution >= 4 is 82.9 Å². The summed E-state index contributed by atoms with van der Waals surface area (Å²) in [7, 11) is 0. The van der Waals surface area contributed by atoms with Crippen LogP contribution in [0, 0.1) is 23.7 Å². The number of nitrogens with one attached hydrogen (secondary N) is 9. The third-order valence-electron chi connectivity index (χ3n) is 14.2. The van der Waals surface area contributed by atoms with Gasteiger partial charge in [0.25, 0.3) is 0 Å². The first-order valence-corrected chi connectivity index (χ1v) is 29.6. The normalized spacial score (nSPS) is 15.2. The van der Waals surface area contributed by atoms with Gasteiger partial charge >= 0.3 is 23.9 Å². The molecular formula is C60H89N11O20. The van der Waals surface area contributed by atoms with Gasteiger partial charge in [0.2, 0.25) is 59.1 Å². The number of carbonyl (C=O) groups excluding carboxylic acids is 10. The molecule has 0 aliphatic carbocycles. The predicted octanol–water partition coefficient (Wildman–Crippen LogP) is -1.81. The van der Waals surface area contributed by atoms with Gasteiger partial charge in [0.1, 0.15) is 54.1 Å². The van der Waals surface area contributed by atoms with Gasteiger partial charge in [0.05, 0.1) is 31.0 Å². The van der Waals surface area contributed by atoms with Gasteiger partial charge in [-0.2, -0.15) is 0 Å². The molecule has 2 rings (SSSR count). The highest BCUT2D eigenvalue weighted by molar-refractivity contribution is 5.98. The molecule has 31 heteroatoms. The van der Waals surface area contributed by atoms with Crippen molar-refractivity contribution < 1.29 is 97.8 Å². The van der Waals surface area contributed by atoms with E-state index < -0.39 is 193 Å². The molecule has 0 fully saturated rings. The molecule has 0 radical (unpaired) electrons.